The van der Waals surface area contributed by atoms with Gasteiger partial charge in [-0.2, -0.15) is 0 Å². The highest BCUT2D eigenvalue weighted by molar-refractivity contribution is 5.96. The predicted molar refractivity (Wildman–Crippen MR) is 106 cm³/mol. The lowest BCUT2D eigenvalue weighted by atomic mass is 10.1. The van der Waals surface area contributed by atoms with Gasteiger partial charge < -0.3 is 15.0 Å². The maximum absolute atomic E-state index is 12.3. The number of esters is 1. The van der Waals surface area contributed by atoms with Crippen molar-refractivity contribution in [1.82, 2.24) is 5.32 Å². The molecule has 0 saturated carbocycles. The number of ether oxygens (including phenoxy) is 1. The second kappa shape index (κ2) is 9.17. The molecule has 6 heteroatoms. The van der Waals surface area contributed by atoms with Crippen LogP contribution in [-0.2, 0) is 20.7 Å². The van der Waals surface area contributed by atoms with E-state index in [-0.39, 0.29) is 11.8 Å². The topological polar surface area (TPSA) is 75.7 Å². The molecule has 2 aromatic rings. The summed E-state index contributed by atoms with van der Waals surface area (Å²) in [4.78, 5) is 37.9. The van der Waals surface area contributed by atoms with Gasteiger partial charge in [0.1, 0.15) is 0 Å². The largest absolute Gasteiger partial charge is 0.449 e. The molecule has 0 spiro atoms. The maximum Gasteiger partial charge on any atom is 0.338 e. The highest BCUT2D eigenvalue weighted by Crippen LogP contribution is 2.21. The van der Waals surface area contributed by atoms with Crippen LogP contribution < -0.4 is 10.2 Å². The quantitative estimate of drug-likeness (QED) is 0.750. The molecule has 1 N–H and O–H groups in total. The molecule has 3 rings (SSSR count). The van der Waals surface area contributed by atoms with Crippen LogP contribution in [-0.4, -0.2) is 37.0 Å². The minimum absolute atomic E-state index is 0.0936. The predicted octanol–water partition coefficient (Wildman–Crippen LogP) is 2.72. The van der Waals surface area contributed by atoms with Gasteiger partial charge in [-0.25, -0.2) is 4.79 Å². The number of hydrogen-bond donors (Lipinski definition) is 1. The van der Waals surface area contributed by atoms with Crippen LogP contribution in [0.5, 0.6) is 0 Å². The van der Waals surface area contributed by atoms with Gasteiger partial charge in [0.05, 0.1) is 5.56 Å². The summed E-state index contributed by atoms with van der Waals surface area (Å²) >= 11 is 0. The SMILES string of the molecule is C[C@H](OC(=O)c1ccc(N2CCCC2=O)cc1)C(=O)NCCc1ccccc1. The van der Waals surface area contributed by atoms with Crippen molar-refractivity contribution in [3.05, 3.63) is 65.7 Å². The fraction of sp³-hybridized carbons (Fsp3) is 0.318. The van der Waals surface area contributed by atoms with Crippen LogP contribution in [0.25, 0.3) is 0 Å². The van der Waals surface area contributed by atoms with Gasteiger partial charge in [-0.15, -0.1) is 0 Å². The third-order valence-corrected chi connectivity index (χ3v) is 4.70. The first-order chi connectivity index (χ1) is 13.5. The highest BCUT2D eigenvalue weighted by Gasteiger charge is 2.22. The van der Waals surface area contributed by atoms with E-state index in [1.165, 1.54) is 0 Å². The monoisotopic (exact) mass is 380 g/mol. The zero-order valence-electron chi connectivity index (χ0n) is 15.9. The molecule has 1 atom stereocenters. The van der Waals surface area contributed by atoms with E-state index in [0.29, 0.717) is 31.5 Å². The van der Waals surface area contributed by atoms with Crippen molar-refractivity contribution in [3.63, 3.8) is 0 Å². The molecule has 2 amide bonds. The summed E-state index contributed by atoms with van der Waals surface area (Å²) in [6.45, 7) is 2.72. The molecule has 2 aromatic carbocycles. The molecule has 0 aromatic heterocycles. The minimum atomic E-state index is -0.886. The summed E-state index contributed by atoms with van der Waals surface area (Å²) in [6, 6.07) is 16.5. The number of nitrogens with zero attached hydrogens (tertiary/aromatic N) is 1. The summed E-state index contributed by atoms with van der Waals surface area (Å²) in [5.41, 5.74) is 2.24. The number of carbonyl (C=O) groups excluding carboxylic acids is 3. The fourth-order valence-corrected chi connectivity index (χ4v) is 3.10. The average molecular weight is 380 g/mol. The van der Waals surface area contributed by atoms with Crippen LogP contribution in [0.1, 0.15) is 35.7 Å². The summed E-state index contributed by atoms with van der Waals surface area (Å²) in [5, 5.41) is 2.78. The molecule has 1 heterocycles. The van der Waals surface area contributed by atoms with Gasteiger partial charge >= 0.3 is 5.97 Å². The highest BCUT2D eigenvalue weighted by atomic mass is 16.5. The molecule has 1 aliphatic rings. The molecule has 146 valence electrons. The van der Waals surface area contributed by atoms with E-state index < -0.39 is 12.1 Å². The Balaban J connectivity index is 1.47. The van der Waals surface area contributed by atoms with E-state index in [0.717, 1.165) is 17.7 Å². The molecular weight excluding hydrogens is 356 g/mol. The molecule has 6 nitrogen and oxygen atoms in total. The third-order valence-electron chi connectivity index (χ3n) is 4.70. The summed E-state index contributed by atoms with van der Waals surface area (Å²) in [6.07, 6.45) is 1.23. The fourth-order valence-electron chi connectivity index (χ4n) is 3.10. The first kappa shape index (κ1) is 19.6. The van der Waals surface area contributed by atoms with Crippen LogP contribution in [0.15, 0.2) is 54.6 Å². The molecule has 28 heavy (non-hydrogen) atoms. The summed E-state index contributed by atoms with van der Waals surface area (Å²) in [7, 11) is 0. The van der Waals surface area contributed by atoms with Crippen LogP contribution in [0.3, 0.4) is 0 Å². The van der Waals surface area contributed by atoms with Crippen molar-refractivity contribution in [2.45, 2.75) is 32.3 Å². The first-order valence-corrected chi connectivity index (χ1v) is 9.47. The smallest absolute Gasteiger partial charge is 0.338 e. The number of nitrogens with one attached hydrogen (secondary N) is 1. The van der Waals surface area contributed by atoms with E-state index >= 15 is 0 Å². The molecule has 0 radical (unpaired) electrons. The molecule has 1 saturated heterocycles. The van der Waals surface area contributed by atoms with Crippen LogP contribution >= 0.6 is 0 Å². The van der Waals surface area contributed by atoms with E-state index in [9.17, 15) is 14.4 Å². The standard InChI is InChI=1S/C22H24N2O4/c1-16(21(26)23-14-13-17-6-3-2-4-7-17)28-22(27)18-9-11-19(12-10-18)24-15-5-8-20(24)25/h2-4,6-7,9-12,16H,5,8,13-15H2,1H3,(H,23,26)/t16-/m0/s1. The number of carbonyl (C=O) groups is 3. The van der Waals surface area contributed by atoms with Crippen LogP contribution in [0.4, 0.5) is 5.69 Å². The number of hydrogen-bond acceptors (Lipinski definition) is 4. The van der Waals surface area contributed by atoms with Crippen molar-refractivity contribution in [2.24, 2.45) is 0 Å². The Bertz CT molecular complexity index is 833. The van der Waals surface area contributed by atoms with Gasteiger partial charge in [-0.3, -0.25) is 9.59 Å². The molecule has 0 aliphatic carbocycles. The molecule has 1 fully saturated rings. The third kappa shape index (κ3) is 4.97. The van der Waals surface area contributed by atoms with Crippen molar-refractivity contribution < 1.29 is 19.1 Å². The van der Waals surface area contributed by atoms with Gasteiger partial charge in [0.15, 0.2) is 6.10 Å². The van der Waals surface area contributed by atoms with Crippen LogP contribution in [0, 0.1) is 0 Å². The van der Waals surface area contributed by atoms with Crippen LogP contribution in [0.2, 0.25) is 0 Å². The Labute approximate surface area is 164 Å². The lowest BCUT2D eigenvalue weighted by molar-refractivity contribution is -0.129. The second-order valence-electron chi connectivity index (χ2n) is 6.77. The van der Waals surface area contributed by atoms with Gasteiger partial charge in [0.2, 0.25) is 5.91 Å². The molecular formula is C22H24N2O4. The van der Waals surface area contributed by atoms with Gasteiger partial charge in [-0.1, -0.05) is 30.3 Å². The molecule has 0 unspecified atom stereocenters. The number of anilines is 1. The summed E-state index contributed by atoms with van der Waals surface area (Å²) in [5.74, 6) is -0.801. The van der Waals surface area contributed by atoms with Gasteiger partial charge in [0, 0.05) is 25.2 Å². The van der Waals surface area contributed by atoms with Crippen molar-refractivity contribution in [3.8, 4) is 0 Å². The lowest BCUT2D eigenvalue weighted by Crippen LogP contribution is -2.36. The number of rotatable bonds is 7. The second-order valence-corrected chi connectivity index (χ2v) is 6.77. The Morgan fingerprint density at radius 2 is 1.82 bits per heavy atom. The molecule has 0 bridgehead atoms. The van der Waals surface area contributed by atoms with E-state index in [1.807, 2.05) is 30.3 Å². The van der Waals surface area contributed by atoms with Crippen molar-refractivity contribution in [1.29, 1.82) is 0 Å². The Morgan fingerprint density at radius 3 is 2.46 bits per heavy atom. The first-order valence-electron chi connectivity index (χ1n) is 9.47. The Hall–Kier alpha value is -3.15. The Morgan fingerprint density at radius 1 is 1.11 bits per heavy atom. The lowest BCUT2D eigenvalue weighted by Gasteiger charge is -2.16. The van der Waals surface area contributed by atoms with Crippen molar-refractivity contribution in [2.75, 3.05) is 18.0 Å². The normalized spacial score (nSPS) is 14.6. The molecule has 1 aliphatic heterocycles. The number of amides is 2. The van der Waals surface area contributed by atoms with Gasteiger partial charge in [-0.05, 0) is 49.6 Å². The Kier molecular flexibility index (Phi) is 6.42. The van der Waals surface area contributed by atoms with Crippen molar-refractivity contribution >= 4 is 23.5 Å². The van der Waals surface area contributed by atoms with E-state index in [4.69, 9.17) is 4.74 Å². The minimum Gasteiger partial charge on any atom is -0.449 e. The van der Waals surface area contributed by atoms with Gasteiger partial charge in [0.25, 0.3) is 5.91 Å². The summed E-state index contributed by atoms with van der Waals surface area (Å²) < 4.78 is 5.26. The number of benzene rings is 2. The van der Waals surface area contributed by atoms with E-state index in [2.05, 4.69) is 5.32 Å². The maximum atomic E-state index is 12.3. The zero-order chi connectivity index (χ0) is 19.9. The van der Waals surface area contributed by atoms with E-state index in [1.54, 1.807) is 36.1 Å². The average Bonchev–Trinajstić information content (AvgIpc) is 3.14. The zero-order valence-corrected chi connectivity index (χ0v) is 15.9.